The van der Waals surface area contributed by atoms with E-state index in [0.29, 0.717) is 5.41 Å². The van der Waals surface area contributed by atoms with Crippen molar-refractivity contribution in [1.82, 2.24) is 4.98 Å². The fourth-order valence-electron chi connectivity index (χ4n) is 1.12. The Morgan fingerprint density at radius 2 is 2.08 bits per heavy atom. The number of aryl methyl sites for hydroxylation is 1. The number of hydrogen-bond acceptors (Lipinski definition) is 2. The van der Waals surface area contributed by atoms with Crippen molar-refractivity contribution in [2.75, 3.05) is 0 Å². The van der Waals surface area contributed by atoms with Crippen LogP contribution >= 0.6 is 11.3 Å². The summed E-state index contributed by atoms with van der Waals surface area (Å²) in [5.41, 5.74) is 0.386. The molecule has 0 aromatic carbocycles. The van der Waals surface area contributed by atoms with Gasteiger partial charge >= 0.3 is 0 Å². The Morgan fingerprint density at radius 1 is 1.42 bits per heavy atom. The van der Waals surface area contributed by atoms with Gasteiger partial charge in [-0.1, -0.05) is 27.7 Å². The maximum Gasteiger partial charge on any atom is 0.0924 e. The molecular weight excluding hydrogens is 166 g/mol. The Kier molecular flexibility index (Phi) is 2.89. The first-order valence-corrected chi connectivity index (χ1v) is 5.26. The third-order valence-electron chi connectivity index (χ3n) is 1.61. The summed E-state index contributed by atoms with van der Waals surface area (Å²) in [5, 5.41) is 1.26. The first-order valence-electron chi connectivity index (χ1n) is 4.45. The molecule has 0 aliphatic rings. The largest absolute Gasteiger partial charge is 0.249 e. The van der Waals surface area contributed by atoms with Crippen LogP contribution in [-0.2, 0) is 12.8 Å². The summed E-state index contributed by atoms with van der Waals surface area (Å²) in [4.78, 5) is 5.75. The zero-order valence-electron chi connectivity index (χ0n) is 8.35. The minimum atomic E-state index is 0.386. The van der Waals surface area contributed by atoms with Crippen LogP contribution in [0.25, 0.3) is 0 Å². The van der Waals surface area contributed by atoms with Crippen molar-refractivity contribution in [2.45, 2.75) is 40.5 Å². The zero-order chi connectivity index (χ0) is 9.19. The van der Waals surface area contributed by atoms with Gasteiger partial charge in [0.15, 0.2) is 0 Å². The van der Waals surface area contributed by atoms with Gasteiger partial charge in [0.1, 0.15) is 0 Å². The summed E-state index contributed by atoms with van der Waals surface area (Å²) in [6.45, 7) is 8.94. The average Bonchev–Trinajstić information content (AvgIpc) is 2.32. The minimum absolute atomic E-state index is 0.386. The molecule has 2 heteroatoms. The fraction of sp³-hybridized carbons (Fsp3) is 0.700. The van der Waals surface area contributed by atoms with Gasteiger partial charge in [-0.15, -0.1) is 11.3 Å². The van der Waals surface area contributed by atoms with Crippen molar-refractivity contribution in [3.05, 3.63) is 16.1 Å². The van der Waals surface area contributed by atoms with Gasteiger partial charge in [0, 0.05) is 11.1 Å². The maximum absolute atomic E-state index is 4.34. The van der Waals surface area contributed by atoms with E-state index in [0.717, 1.165) is 12.8 Å². The van der Waals surface area contributed by atoms with E-state index in [4.69, 9.17) is 0 Å². The molecule has 1 rings (SSSR count). The van der Waals surface area contributed by atoms with E-state index in [1.807, 2.05) is 17.5 Å². The summed E-state index contributed by atoms with van der Waals surface area (Å²) >= 11 is 1.85. The molecular formula is C10H17NS. The molecule has 1 aromatic heterocycles. The molecule has 0 fully saturated rings. The van der Waals surface area contributed by atoms with Gasteiger partial charge in [0.25, 0.3) is 0 Å². The monoisotopic (exact) mass is 183 g/mol. The van der Waals surface area contributed by atoms with Crippen LogP contribution in [0.2, 0.25) is 0 Å². The molecule has 0 saturated carbocycles. The summed E-state index contributed by atoms with van der Waals surface area (Å²) in [6, 6.07) is 0. The normalized spacial score (nSPS) is 12.0. The van der Waals surface area contributed by atoms with E-state index >= 15 is 0 Å². The lowest BCUT2D eigenvalue weighted by Gasteiger charge is -2.15. The van der Waals surface area contributed by atoms with Crippen LogP contribution in [0, 0.1) is 5.41 Å². The van der Waals surface area contributed by atoms with Gasteiger partial charge in [0.05, 0.1) is 5.01 Å². The standard InChI is InChI=1S/C10H17NS/c1-5-9-11-7-8(12-9)6-10(2,3)4/h7H,5-6H2,1-4H3. The van der Waals surface area contributed by atoms with Crippen molar-refractivity contribution in [2.24, 2.45) is 5.41 Å². The van der Waals surface area contributed by atoms with Crippen LogP contribution in [0.4, 0.5) is 0 Å². The molecule has 0 N–H and O–H groups in total. The lowest BCUT2D eigenvalue weighted by Crippen LogP contribution is -2.07. The molecule has 0 unspecified atom stereocenters. The smallest absolute Gasteiger partial charge is 0.0924 e. The summed E-state index contributed by atoms with van der Waals surface area (Å²) in [5.74, 6) is 0. The van der Waals surface area contributed by atoms with Crippen LogP contribution in [0.5, 0.6) is 0 Å². The summed E-state index contributed by atoms with van der Waals surface area (Å²) in [6.07, 6.45) is 4.23. The lowest BCUT2D eigenvalue weighted by atomic mass is 9.92. The van der Waals surface area contributed by atoms with Crippen molar-refractivity contribution >= 4 is 11.3 Å². The Hall–Kier alpha value is -0.370. The fourth-order valence-corrected chi connectivity index (χ4v) is 2.28. The van der Waals surface area contributed by atoms with Gasteiger partial charge in [-0.3, -0.25) is 0 Å². The Bertz CT molecular complexity index is 245. The average molecular weight is 183 g/mol. The van der Waals surface area contributed by atoms with E-state index < -0.39 is 0 Å². The third kappa shape index (κ3) is 2.94. The highest BCUT2D eigenvalue weighted by atomic mass is 32.1. The van der Waals surface area contributed by atoms with Crippen LogP contribution in [0.3, 0.4) is 0 Å². The van der Waals surface area contributed by atoms with E-state index in [9.17, 15) is 0 Å². The third-order valence-corrected chi connectivity index (χ3v) is 2.75. The topological polar surface area (TPSA) is 12.9 Å². The predicted octanol–water partition coefficient (Wildman–Crippen LogP) is 3.29. The second-order valence-corrected chi connectivity index (χ2v) is 5.51. The van der Waals surface area contributed by atoms with Crippen LogP contribution in [-0.4, -0.2) is 4.98 Å². The molecule has 68 valence electrons. The maximum atomic E-state index is 4.34. The highest BCUT2D eigenvalue weighted by Gasteiger charge is 2.12. The second kappa shape index (κ2) is 3.56. The highest BCUT2D eigenvalue weighted by molar-refractivity contribution is 7.11. The number of hydrogen-bond donors (Lipinski definition) is 0. The summed E-state index contributed by atoms with van der Waals surface area (Å²) < 4.78 is 0. The van der Waals surface area contributed by atoms with Gasteiger partial charge in [-0.2, -0.15) is 0 Å². The molecule has 0 atom stereocenters. The highest BCUT2D eigenvalue weighted by Crippen LogP contribution is 2.24. The second-order valence-electron chi connectivity index (χ2n) is 4.31. The first-order chi connectivity index (χ1) is 5.51. The Labute approximate surface area is 78.8 Å². The van der Waals surface area contributed by atoms with E-state index in [1.54, 1.807) is 0 Å². The molecule has 0 bridgehead atoms. The molecule has 0 aliphatic carbocycles. The molecule has 1 aromatic rings. The summed E-state index contributed by atoms with van der Waals surface area (Å²) in [7, 11) is 0. The Balaban J connectivity index is 2.64. The van der Waals surface area contributed by atoms with Crippen LogP contribution in [0.15, 0.2) is 6.20 Å². The molecule has 0 amide bonds. The van der Waals surface area contributed by atoms with Crippen molar-refractivity contribution in [3.8, 4) is 0 Å². The molecule has 1 nitrogen and oxygen atoms in total. The SMILES string of the molecule is CCc1ncc(CC(C)(C)C)s1. The van der Waals surface area contributed by atoms with E-state index in [2.05, 4.69) is 32.7 Å². The quantitative estimate of drug-likeness (QED) is 0.685. The Morgan fingerprint density at radius 3 is 2.50 bits per heavy atom. The first kappa shape index (κ1) is 9.72. The number of rotatable bonds is 2. The number of nitrogens with zero attached hydrogens (tertiary/aromatic N) is 1. The van der Waals surface area contributed by atoms with Gasteiger partial charge in [-0.25, -0.2) is 4.98 Å². The van der Waals surface area contributed by atoms with Crippen molar-refractivity contribution < 1.29 is 0 Å². The lowest BCUT2D eigenvalue weighted by molar-refractivity contribution is 0.414. The predicted molar refractivity (Wildman–Crippen MR) is 54.7 cm³/mol. The van der Waals surface area contributed by atoms with Gasteiger partial charge < -0.3 is 0 Å². The molecule has 0 spiro atoms. The van der Waals surface area contributed by atoms with E-state index in [-0.39, 0.29) is 0 Å². The van der Waals surface area contributed by atoms with E-state index in [1.165, 1.54) is 9.88 Å². The van der Waals surface area contributed by atoms with Crippen molar-refractivity contribution in [3.63, 3.8) is 0 Å². The molecule has 0 radical (unpaired) electrons. The number of aromatic nitrogens is 1. The van der Waals surface area contributed by atoms with Crippen LogP contribution in [0.1, 0.15) is 37.6 Å². The molecule has 0 aliphatic heterocycles. The van der Waals surface area contributed by atoms with Gasteiger partial charge in [-0.05, 0) is 18.3 Å². The van der Waals surface area contributed by atoms with Crippen LogP contribution < -0.4 is 0 Å². The number of thiazole rings is 1. The molecule has 0 saturated heterocycles. The van der Waals surface area contributed by atoms with Crippen molar-refractivity contribution in [1.29, 1.82) is 0 Å². The molecule has 1 heterocycles. The zero-order valence-corrected chi connectivity index (χ0v) is 9.16. The van der Waals surface area contributed by atoms with Gasteiger partial charge in [0.2, 0.25) is 0 Å². The minimum Gasteiger partial charge on any atom is -0.249 e. The molecule has 12 heavy (non-hydrogen) atoms.